The van der Waals surface area contributed by atoms with Crippen molar-refractivity contribution in [3.05, 3.63) is 42.9 Å². The number of aromatic nitrogens is 2. The van der Waals surface area contributed by atoms with Crippen LogP contribution in [0.4, 0.5) is 10.6 Å². The molecule has 7 heteroatoms. The number of fused-ring (bicyclic) bond motifs is 1. The second-order valence-electron chi connectivity index (χ2n) is 8.33. The summed E-state index contributed by atoms with van der Waals surface area (Å²) in [4.78, 5) is 24.1. The molecule has 3 aromatic rings. The van der Waals surface area contributed by atoms with E-state index >= 15 is 0 Å². The third-order valence-corrected chi connectivity index (χ3v) is 6.02. The fraction of sp³-hybridized carbons (Fsp3) is 0.409. The second kappa shape index (κ2) is 7.99. The summed E-state index contributed by atoms with van der Waals surface area (Å²) in [5, 5.41) is 4.74. The van der Waals surface area contributed by atoms with E-state index in [2.05, 4.69) is 21.4 Å². The first-order valence-corrected chi connectivity index (χ1v) is 10.7. The third kappa shape index (κ3) is 4.67. The molecule has 0 bridgehead atoms. The highest BCUT2D eigenvalue weighted by Gasteiger charge is 2.28. The van der Waals surface area contributed by atoms with E-state index in [1.807, 2.05) is 57.6 Å². The summed E-state index contributed by atoms with van der Waals surface area (Å²) < 4.78 is 6.67. The number of carbonyl (C=O) groups excluding carboxylic acids is 1. The lowest BCUT2D eigenvalue weighted by atomic mass is 10.1. The van der Waals surface area contributed by atoms with Gasteiger partial charge in [-0.25, -0.2) is 9.78 Å². The normalized spacial score (nSPS) is 17.3. The molecule has 0 aromatic carbocycles. The van der Waals surface area contributed by atoms with Crippen LogP contribution in [0.25, 0.3) is 20.5 Å². The Hall–Kier alpha value is -2.67. The largest absolute Gasteiger partial charge is 0.444 e. The van der Waals surface area contributed by atoms with Gasteiger partial charge in [-0.2, -0.15) is 0 Å². The van der Waals surface area contributed by atoms with Gasteiger partial charge in [0.2, 0.25) is 0 Å². The molecular formula is C22H26N4O2S. The lowest BCUT2D eigenvalue weighted by molar-refractivity contribution is 0.0206. The quantitative estimate of drug-likeness (QED) is 0.645. The number of pyridine rings is 2. The Bertz CT molecular complexity index is 997. The summed E-state index contributed by atoms with van der Waals surface area (Å²) in [6.07, 6.45) is 7.16. The lowest BCUT2D eigenvalue weighted by Crippen LogP contribution is -2.47. The topological polar surface area (TPSA) is 67.3 Å². The highest BCUT2D eigenvalue weighted by molar-refractivity contribution is 7.22. The van der Waals surface area contributed by atoms with E-state index in [0.717, 1.165) is 35.5 Å². The first kappa shape index (κ1) is 19.6. The van der Waals surface area contributed by atoms with Crippen molar-refractivity contribution in [3.8, 4) is 10.4 Å². The summed E-state index contributed by atoms with van der Waals surface area (Å²) >= 11 is 1.72. The molecule has 1 amide bonds. The average Bonchev–Trinajstić information content (AvgIpc) is 3.13. The van der Waals surface area contributed by atoms with E-state index in [-0.39, 0.29) is 12.1 Å². The lowest BCUT2D eigenvalue weighted by Gasteiger charge is -2.34. The Balaban J connectivity index is 1.52. The highest BCUT2D eigenvalue weighted by Crippen LogP contribution is 2.36. The first-order valence-electron chi connectivity index (χ1n) is 9.92. The van der Waals surface area contributed by atoms with Gasteiger partial charge in [-0.15, -0.1) is 11.3 Å². The predicted molar refractivity (Wildman–Crippen MR) is 117 cm³/mol. The molecule has 6 nitrogen and oxygen atoms in total. The van der Waals surface area contributed by atoms with Crippen molar-refractivity contribution >= 4 is 33.3 Å². The van der Waals surface area contributed by atoms with Crippen molar-refractivity contribution in [2.45, 2.75) is 45.3 Å². The molecule has 1 aliphatic heterocycles. The van der Waals surface area contributed by atoms with Gasteiger partial charge in [0.05, 0.1) is 4.70 Å². The Morgan fingerprint density at radius 1 is 1.24 bits per heavy atom. The van der Waals surface area contributed by atoms with Gasteiger partial charge in [0.25, 0.3) is 0 Å². The van der Waals surface area contributed by atoms with Gasteiger partial charge in [0, 0.05) is 42.6 Å². The molecule has 152 valence electrons. The maximum Gasteiger partial charge on any atom is 0.410 e. The van der Waals surface area contributed by atoms with Gasteiger partial charge < -0.3 is 15.0 Å². The molecule has 1 N–H and O–H groups in total. The smallest absolute Gasteiger partial charge is 0.410 e. The zero-order valence-electron chi connectivity index (χ0n) is 17.0. The second-order valence-corrected chi connectivity index (χ2v) is 9.39. The van der Waals surface area contributed by atoms with Gasteiger partial charge in [-0.3, -0.25) is 4.98 Å². The zero-order valence-corrected chi connectivity index (χ0v) is 17.8. The fourth-order valence-corrected chi connectivity index (χ4v) is 4.62. The molecule has 0 radical (unpaired) electrons. The maximum absolute atomic E-state index is 12.4. The monoisotopic (exact) mass is 410 g/mol. The van der Waals surface area contributed by atoms with E-state index in [4.69, 9.17) is 4.74 Å². The van der Waals surface area contributed by atoms with E-state index in [9.17, 15) is 4.79 Å². The van der Waals surface area contributed by atoms with Gasteiger partial charge in [-0.1, -0.05) is 0 Å². The van der Waals surface area contributed by atoms with Gasteiger partial charge in [-0.05, 0) is 68.8 Å². The molecule has 4 heterocycles. The number of thiophene rings is 1. The van der Waals surface area contributed by atoms with Crippen molar-refractivity contribution in [1.82, 2.24) is 14.9 Å². The van der Waals surface area contributed by atoms with Crippen LogP contribution in [-0.4, -0.2) is 45.7 Å². The molecule has 0 spiro atoms. The first-order chi connectivity index (χ1) is 13.9. The van der Waals surface area contributed by atoms with Crippen LogP contribution in [0.15, 0.2) is 42.9 Å². The van der Waals surface area contributed by atoms with Crippen LogP contribution >= 0.6 is 11.3 Å². The number of nitrogens with one attached hydrogen (secondary N) is 1. The molecule has 29 heavy (non-hydrogen) atoms. The number of ether oxygens (including phenoxy) is 1. The third-order valence-electron chi connectivity index (χ3n) is 4.81. The number of nitrogens with zero attached hydrogens (tertiary/aromatic N) is 3. The Morgan fingerprint density at radius 3 is 2.79 bits per heavy atom. The number of amides is 1. The van der Waals surface area contributed by atoms with Crippen molar-refractivity contribution in [1.29, 1.82) is 0 Å². The molecular weight excluding hydrogens is 384 g/mol. The Labute approximate surface area is 174 Å². The van der Waals surface area contributed by atoms with Crippen LogP contribution in [0, 0.1) is 0 Å². The minimum atomic E-state index is -0.481. The highest BCUT2D eigenvalue weighted by atomic mass is 32.1. The van der Waals surface area contributed by atoms with E-state index in [1.54, 1.807) is 16.2 Å². The number of piperidine rings is 1. The fourth-order valence-electron chi connectivity index (χ4n) is 3.51. The molecule has 3 aromatic heterocycles. The van der Waals surface area contributed by atoms with Crippen LogP contribution in [0.5, 0.6) is 0 Å². The zero-order chi connectivity index (χ0) is 20.4. The van der Waals surface area contributed by atoms with Crippen molar-refractivity contribution in [2.24, 2.45) is 0 Å². The molecule has 1 atom stereocenters. The number of carbonyl (C=O) groups is 1. The number of likely N-dealkylation sites (tertiary alicyclic amines) is 1. The SMILES string of the molecule is CC(C)(C)OC(=O)N1CCC[C@@H](Nc2nccc3cc(-c4ccncc4)sc23)C1. The predicted octanol–water partition coefficient (Wildman–Crippen LogP) is 5.17. The summed E-state index contributed by atoms with van der Waals surface area (Å²) in [6.45, 7) is 7.04. The van der Waals surface area contributed by atoms with E-state index in [1.165, 1.54) is 10.3 Å². The van der Waals surface area contributed by atoms with Crippen molar-refractivity contribution < 1.29 is 9.53 Å². The maximum atomic E-state index is 12.4. The number of hydrogen-bond donors (Lipinski definition) is 1. The molecule has 1 fully saturated rings. The molecule has 1 saturated heterocycles. The summed E-state index contributed by atoms with van der Waals surface area (Å²) in [7, 11) is 0. The molecule has 1 aliphatic rings. The number of rotatable bonds is 3. The van der Waals surface area contributed by atoms with Crippen LogP contribution in [0.3, 0.4) is 0 Å². The van der Waals surface area contributed by atoms with Crippen molar-refractivity contribution in [2.75, 3.05) is 18.4 Å². The van der Waals surface area contributed by atoms with E-state index in [0.29, 0.717) is 6.54 Å². The summed E-state index contributed by atoms with van der Waals surface area (Å²) in [6, 6.07) is 8.42. The van der Waals surface area contributed by atoms with Crippen LogP contribution in [0.2, 0.25) is 0 Å². The molecule has 0 unspecified atom stereocenters. The number of hydrogen-bond acceptors (Lipinski definition) is 6. The van der Waals surface area contributed by atoms with Crippen LogP contribution in [-0.2, 0) is 4.74 Å². The molecule has 4 rings (SSSR count). The average molecular weight is 411 g/mol. The minimum Gasteiger partial charge on any atom is -0.444 e. The van der Waals surface area contributed by atoms with Crippen molar-refractivity contribution in [3.63, 3.8) is 0 Å². The van der Waals surface area contributed by atoms with Gasteiger partial charge in [0.1, 0.15) is 11.4 Å². The van der Waals surface area contributed by atoms with Gasteiger partial charge >= 0.3 is 6.09 Å². The molecule has 0 aliphatic carbocycles. The summed E-state index contributed by atoms with van der Waals surface area (Å²) in [5.41, 5.74) is 0.672. The standard InChI is InChI=1S/C22H26N4O2S/c1-22(2,3)28-21(27)26-12-4-5-17(14-26)25-20-19-16(8-11-24-20)13-18(29-19)15-6-9-23-10-7-15/h6-11,13,17H,4-5,12,14H2,1-3H3,(H,24,25)/t17-/m1/s1. The Morgan fingerprint density at radius 2 is 2.03 bits per heavy atom. The number of anilines is 1. The van der Waals surface area contributed by atoms with Gasteiger partial charge in [0.15, 0.2) is 0 Å². The molecule has 0 saturated carbocycles. The van der Waals surface area contributed by atoms with E-state index < -0.39 is 5.60 Å². The van der Waals surface area contributed by atoms with Crippen LogP contribution in [0.1, 0.15) is 33.6 Å². The van der Waals surface area contributed by atoms with Crippen LogP contribution < -0.4 is 5.32 Å². The minimum absolute atomic E-state index is 0.154. The summed E-state index contributed by atoms with van der Waals surface area (Å²) in [5.74, 6) is 0.879. The Kier molecular flexibility index (Phi) is 5.41.